The number of hydrogen-bond donors (Lipinski definition) is 0. The lowest BCUT2D eigenvalue weighted by atomic mass is 10.0. The quantitative estimate of drug-likeness (QED) is 0.153. The zero-order valence-corrected chi connectivity index (χ0v) is 18.6. The van der Waals surface area contributed by atoms with Crippen LogP contribution in [0.25, 0.3) is 11.6 Å². The van der Waals surface area contributed by atoms with Crippen LogP contribution < -0.4 is 4.74 Å². The zero-order valence-electron chi connectivity index (χ0n) is 18.6. The molecule has 0 saturated carbocycles. The second kappa shape index (κ2) is 10.4. The Morgan fingerprint density at radius 2 is 1.72 bits per heavy atom. The van der Waals surface area contributed by atoms with Gasteiger partial charge in [-0.2, -0.15) is 0 Å². The molecular formula is C27H27NO4. The molecule has 0 aliphatic heterocycles. The summed E-state index contributed by atoms with van der Waals surface area (Å²) in [5.74, 6) is -0.179. The van der Waals surface area contributed by atoms with Gasteiger partial charge in [-0.05, 0) is 37.6 Å². The first-order valence-electron chi connectivity index (χ1n) is 10.3. The summed E-state index contributed by atoms with van der Waals surface area (Å²) in [7, 11) is 1.58. The van der Waals surface area contributed by atoms with Crippen LogP contribution in [0.4, 0.5) is 0 Å². The maximum absolute atomic E-state index is 13.0. The highest BCUT2D eigenvalue weighted by atomic mass is 16.5. The third-order valence-corrected chi connectivity index (χ3v) is 5.26. The van der Waals surface area contributed by atoms with Crippen molar-refractivity contribution in [3.63, 3.8) is 0 Å². The monoisotopic (exact) mass is 429 g/mol. The van der Waals surface area contributed by atoms with E-state index in [0.29, 0.717) is 29.0 Å². The van der Waals surface area contributed by atoms with Crippen molar-refractivity contribution in [2.75, 3.05) is 13.7 Å². The Kier molecular flexibility index (Phi) is 7.45. The SMILES string of the molecule is C=CCn1c(C)cc(C(=O)COC(=O)C(=Cc2ccccc2OC)c2ccccc2)c1C. The third-order valence-electron chi connectivity index (χ3n) is 5.26. The van der Waals surface area contributed by atoms with E-state index in [2.05, 4.69) is 6.58 Å². The molecule has 0 saturated heterocycles. The molecule has 0 N–H and O–H groups in total. The Balaban J connectivity index is 1.85. The average Bonchev–Trinajstić information content (AvgIpc) is 3.10. The summed E-state index contributed by atoms with van der Waals surface area (Å²) in [5.41, 5.74) is 4.12. The van der Waals surface area contributed by atoms with Gasteiger partial charge in [-0.25, -0.2) is 4.79 Å². The van der Waals surface area contributed by atoms with Crippen molar-refractivity contribution in [1.29, 1.82) is 0 Å². The molecular weight excluding hydrogens is 402 g/mol. The molecule has 0 unspecified atom stereocenters. The first kappa shape index (κ1) is 22.8. The van der Waals surface area contributed by atoms with Crippen LogP contribution >= 0.6 is 0 Å². The number of aromatic nitrogens is 1. The summed E-state index contributed by atoms with van der Waals surface area (Å²) in [6.07, 6.45) is 3.50. The number of allylic oxidation sites excluding steroid dienone is 1. The van der Waals surface area contributed by atoms with E-state index >= 15 is 0 Å². The highest BCUT2D eigenvalue weighted by Crippen LogP contribution is 2.26. The molecule has 0 aliphatic rings. The number of rotatable bonds is 9. The molecule has 0 radical (unpaired) electrons. The van der Waals surface area contributed by atoms with E-state index < -0.39 is 5.97 Å². The number of benzene rings is 2. The fourth-order valence-corrected chi connectivity index (χ4v) is 3.60. The second-order valence-electron chi connectivity index (χ2n) is 7.35. The Hall–Kier alpha value is -3.86. The molecule has 0 bridgehead atoms. The van der Waals surface area contributed by atoms with E-state index in [-0.39, 0.29) is 12.4 Å². The molecule has 0 fully saturated rings. The van der Waals surface area contributed by atoms with Crippen LogP contribution in [0.1, 0.15) is 32.9 Å². The molecule has 3 aromatic rings. The van der Waals surface area contributed by atoms with Crippen LogP contribution in [0, 0.1) is 13.8 Å². The lowest BCUT2D eigenvalue weighted by Crippen LogP contribution is -2.16. The van der Waals surface area contributed by atoms with Crippen molar-refractivity contribution in [2.45, 2.75) is 20.4 Å². The first-order chi connectivity index (χ1) is 15.5. The number of carbonyl (C=O) groups excluding carboxylic acids is 2. The van der Waals surface area contributed by atoms with Crippen molar-refractivity contribution in [3.8, 4) is 5.75 Å². The average molecular weight is 430 g/mol. The number of esters is 1. The molecule has 164 valence electrons. The van der Waals surface area contributed by atoms with E-state index in [1.165, 1.54) is 0 Å². The normalized spacial score (nSPS) is 11.2. The Bertz CT molecular complexity index is 1160. The van der Waals surface area contributed by atoms with Crippen LogP contribution in [-0.4, -0.2) is 30.0 Å². The number of methoxy groups -OCH3 is 1. The number of ketones is 1. The van der Waals surface area contributed by atoms with E-state index in [9.17, 15) is 9.59 Å². The Labute approximate surface area is 188 Å². The van der Waals surface area contributed by atoms with Crippen LogP contribution in [0.5, 0.6) is 5.75 Å². The molecule has 5 heteroatoms. The van der Waals surface area contributed by atoms with Gasteiger partial charge in [0.05, 0.1) is 12.7 Å². The molecule has 2 aromatic carbocycles. The molecule has 0 aliphatic carbocycles. The van der Waals surface area contributed by atoms with E-state index in [1.807, 2.05) is 79.1 Å². The van der Waals surface area contributed by atoms with Crippen molar-refractivity contribution < 1.29 is 19.1 Å². The highest BCUT2D eigenvalue weighted by molar-refractivity contribution is 6.22. The first-order valence-corrected chi connectivity index (χ1v) is 10.3. The van der Waals surface area contributed by atoms with Crippen LogP contribution in [0.2, 0.25) is 0 Å². The standard InChI is InChI=1S/C27H27NO4/c1-5-15-28-19(2)16-23(20(28)3)25(29)18-32-27(30)24(21-11-7-6-8-12-21)17-22-13-9-10-14-26(22)31-4/h5-14,16-17H,1,15,18H2,2-4H3. The molecule has 1 heterocycles. The summed E-state index contributed by atoms with van der Waals surface area (Å²) < 4.78 is 12.9. The van der Waals surface area contributed by atoms with Crippen molar-refractivity contribution in [1.82, 2.24) is 4.57 Å². The van der Waals surface area contributed by atoms with Gasteiger partial charge in [0.1, 0.15) is 5.75 Å². The largest absolute Gasteiger partial charge is 0.496 e. The van der Waals surface area contributed by atoms with Crippen LogP contribution in [0.15, 0.2) is 73.3 Å². The van der Waals surface area contributed by atoms with Crippen molar-refractivity contribution in [2.24, 2.45) is 0 Å². The summed E-state index contributed by atoms with van der Waals surface area (Å²) in [5, 5.41) is 0. The van der Waals surface area contributed by atoms with Gasteiger partial charge >= 0.3 is 5.97 Å². The van der Waals surface area contributed by atoms with Gasteiger partial charge in [-0.3, -0.25) is 4.79 Å². The lowest BCUT2D eigenvalue weighted by molar-refractivity contribution is -0.135. The maximum Gasteiger partial charge on any atom is 0.339 e. The van der Waals surface area contributed by atoms with Gasteiger partial charge in [-0.1, -0.05) is 54.6 Å². The van der Waals surface area contributed by atoms with Gasteiger partial charge in [-0.15, -0.1) is 6.58 Å². The minimum absolute atomic E-state index is 0.244. The maximum atomic E-state index is 13.0. The Morgan fingerprint density at radius 3 is 2.41 bits per heavy atom. The number of hydrogen-bond acceptors (Lipinski definition) is 4. The number of nitrogens with zero attached hydrogens (tertiary/aromatic N) is 1. The minimum atomic E-state index is -0.574. The highest BCUT2D eigenvalue weighted by Gasteiger charge is 2.20. The van der Waals surface area contributed by atoms with Gasteiger partial charge in [0.2, 0.25) is 5.78 Å². The van der Waals surface area contributed by atoms with E-state index in [0.717, 1.165) is 17.0 Å². The smallest absolute Gasteiger partial charge is 0.339 e. The third kappa shape index (κ3) is 5.06. The number of ether oxygens (including phenoxy) is 2. The molecule has 0 atom stereocenters. The number of carbonyl (C=O) groups is 2. The van der Waals surface area contributed by atoms with E-state index in [4.69, 9.17) is 9.47 Å². The molecule has 5 nitrogen and oxygen atoms in total. The van der Waals surface area contributed by atoms with E-state index in [1.54, 1.807) is 19.3 Å². The summed E-state index contributed by atoms with van der Waals surface area (Å²) in [6, 6.07) is 18.4. The number of Topliss-reactive ketones (excluding diaryl/α,β-unsaturated/α-hetero) is 1. The number of aryl methyl sites for hydroxylation is 1. The van der Waals surface area contributed by atoms with Gasteiger partial charge in [0, 0.05) is 29.1 Å². The summed E-state index contributed by atoms with van der Waals surface area (Å²) >= 11 is 0. The van der Waals surface area contributed by atoms with Gasteiger partial charge in [0.15, 0.2) is 6.61 Å². The molecule has 0 spiro atoms. The predicted molar refractivity (Wildman–Crippen MR) is 127 cm³/mol. The zero-order chi connectivity index (χ0) is 23.1. The lowest BCUT2D eigenvalue weighted by Gasteiger charge is -2.11. The van der Waals surface area contributed by atoms with Gasteiger partial charge < -0.3 is 14.0 Å². The fraction of sp³-hybridized carbons (Fsp3) is 0.185. The summed E-state index contributed by atoms with van der Waals surface area (Å²) in [4.78, 5) is 25.8. The number of para-hydroxylation sites is 1. The summed E-state index contributed by atoms with van der Waals surface area (Å²) in [6.45, 7) is 7.84. The van der Waals surface area contributed by atoms with Gasteiger partial charge in [0.25, 0.3) is 0 Å². The molecule has 3 rings (SSSR count). The molecule has 0 amide bonds. The van der Waals surface area contributed by atoms with Crippen molar-refractivity contribution in [3.05, 3.63) is 101 Å². The molecule has 1 aromatic heterocycles. The minimum Gasteiger partial charge on any atom is -0.496 e. The second-order valence-corrected chi connectivity index (χ2v) is 7.35. The van der Waals surface area contributed by atoms with Crippen LogP contribution in [-0.2, 0) is 16.1 Å². The van der Waals surface area contributed by atoms with Crippen molar-refractivity contribution >= 4 is 23.4 Å². The predicted octanol–water partition coefficient (Wildman–Crippen LogP) is 5.27. The topological polar surface area (TPSA) is 57.5 Å². The Morgan fingerprint density at radius 1 is 1.03 bits per heavy atom. The molecule has 32 heavy (non-hydrogen) atoms. The fourth-order valence-electron chi connectivity index (χ4n) is 3.60. The van der Waals surface area contributed by atoms with Crippen LogP contribution in [0.3, 0.4) is 0 Å².